The van der Waals surface area contributed by atoms with Crippen LogP contribution < -0.4 is 4.72 Å². The number of aldehydes is 1. The average Bonchev–Trinajstić information content (AvgIpc) is 2.70. The molecule has 0 aromatic heterocycles. The Kier molecular flexibility index (Phi) is 4.20. The Balaban J connectivity index is 2.20. The minimum Gasteiger partial charge on any atom is -0.481 e. The Labute approximate surface area is 129 Å². The number of nitrogens with one attached hydrogen (secondary N) is 1. The molecule has 2 fully saturated rings. The van der Waals surface area contributed by atoms with E-state index in [9.17, 15) is 22.8 Å². The molecule has 0 aliphatic heterocycles. The van der Waals surface area contributed by atoms with Gasteiger partial charge in [-0.05, 0) is 24.2 Å². The maximum absolute atomic E-state index is 12.3. The lowest BCUT2D eigenvalue weighted by molar-refractivity contribution is -0.138. The van der Waals surface area contributed by atoms with Crippen molar-refractivity contribution in [2.24, 2.45) is 16.7 Å². The number of carboxylic acids is 1. The van der Waals surface area contributed by atoms with Crippen molar-refractivity contribution in [3.8, 4) is 0 Å². The van der Waals surface area contributed by atoms with E-state index in [0.717, 1.165) is 6.42 Å². The van der Waals surface area contributed by atoms with Crippen molar-refractivity contribution >= 4 is 28.1 Å². The maximum atomic E-state index is 12.3. The van der Waals surface area contributed by atoms with Crippen molar-refractivity contribution in [1.29, 1.82) is 0 Å². The second kappa shape index (κ2) is 5.42. The third kappa shape index (κ3) is 2.69. The van der Waals surface area contributed by atoms with Crippen molar-refractivity contribution in [2.45, 2.75) is 45.6 Å². The van der Waals surface area contributed by atoms with E-state index < -0.39 is 39.3 Å². The molecule has 2 bridgehead atoms. The molecule has 124 valence electrons. The largest absolute Gasteiger partial charge is 0.481 e. The first-order chi connectivity index (χ1) is 10.0. The van der Waals surface area contributed by atoms with Crippen LogP contribution in [0.5, 0.6) is 0 Å². The fourth-order valence-corrected chi connectivity index (χ4v) is 6.02. The number of rotatable bonds is 7. The van der Waals surface area contributed by atoms with Crippen LogP contribution in [0.25, 0.3) is 0 Å². The second-order valence-electron chi connectivity index (χ2n) is 6.88. The molecule has 0 aromatic rings. The van der Waals surface area contributed by atoms with Crippen LogP contribution in [0.2, 0.25) is 0 Å². The number of carbonyl (C=O) groups is 3. The van der Waals surface area contributed by atoms with E-state index >= 15 is 0 Å². The first kappa shape index (κ1) is 17.1. The fraction of sp³-hybridized carbons (Fsp3) is 0.786. The Hall–Kier alpha value is -1.28. The predicted octanol–water partition coefficient (Wildman–Crippen LogP) is 0.343. The first-order valence-electron chi connectivity index (χ1n) is 7.24. The van der Waals surface area contributed by atoms with E-state index in [1.807, 2.05) is 13.8 Å². The normalized spacial score (nSPS) is 31.2. The Bertz CT molecular complexity index is 611. The van der Waals surface area contributed by atoms with Gasteiger partial charge in [0.25, 0.3) is 0 Å². The monoisotopic (exact) mass is 331 g/mol. The lowest BCUT2D eigenvalue weighted by Gasteiger charge is -2.36. The fourth-order valence-electron chi connectivity index (χ4n) is 4.01. The number of hydrogen-bond acceptors (Lipinski definition) is 5. The molecule has 2 aliphatic rings. The number of ketones is 1. The molecule has 2 N–H and O–H groups in total. The van der Waals surface area contributed by atoms with Crippen molar-refractivity contribution in [1.82, 2.24) is 4.72 Å². The Morgan fingerprint density at radius 1 is 1.50 bits per heavy atom. The van der Waals surface area contributed by atoms with Gasteiger partial charge >= 0.3 is 5.97 Å². The maximum Gasteiger partial charge on any atom is 0.305 e. The molecule has 7 nitrogen and oxygen atoms in total. The van der Waals surface area contributed by atoms with Crippen LogP contribution >= 0.6 is 0 Å². The topological polar surface area (TPSA) is 118 Å². The van der Waals surface area contributed by atoms with Crippen LogP contribution in [-0.4, -0.2) is 43.4 Å². The third-order valence-corrected chi connectivity index (χ3v) is 7.00. The van der Waals surface area contributed by atoms with E-state index in [1.54, 1.807) is 0 Å². The highest BCUT2D eigenvalue weighted by molar-refractivity contribution is 7.89. The van der Waals surface area contributed by atoms with Crippen molar-refractivity contribution in [3.05, 3.63) is 0 Å². The number of carboxylic acid groups (broad SMARTS) is 1. The van der Waals surface area contributed by atoms with Gasteiger partial charge in [0, 0.05) is 11.8 Å². The number of aliphatic carboxylic acids is 1. The summed E-state index contributed by atoms with van der Waals surface area (Å²) in [5.41, 5.74) is -1.33. The molecule has 0 radical (unpaired) electrons. The lowest BCUT2D eigenvalue weighted by Crippen LogP contribution is -2.48. The van der Waals surface area contributed by atoms with Crippen LogP contribution in [0, 0.1) is 16.7 Å². The molecular formula is C14H21NO6S. The van der Waals surface area contributed by atoms with E-state index in [0.29, 0.717) is 12.8 Å². The van der Waals surface area contributed by atoms with Gasteiger partial charge in [0.15, 0.2) is 0 Å². The number of sulfonamides is 1. The molecule has 2 saturated carbocycles. The van der Waals surface area contributed by atoms with E-state index in [4.69, 9.17) is 5.11 Å². The second-order valence-corrected chi connectivity index (χ2v) is 8.64. The molecule has 0 heterocycles. The van der Waals surface area contributed by atoms with E-state index in [1.165, 1.54) is 0 Å². The van der Waals surface area contributed by atoms with Gasteiger partial charge in [-0.25, -0.2) is 13.1 Å². The highest BCUT2D eigenvalue weighted by Gasteiger charge is 2.65. The summed E-state index contributed by atoms with van der Waals surface area (Å²) in [6, 6.07) is -1.31. The van der Waals surface area contributed by atoms with Crippen LogP contribution in [0.3, 0.4) is 0 Å². The molecule has 3 atom stereocenters. The van der Waals surface area contributed by atoms with Crippen molar-refractivity contribution < 1.29 is 27.9 Å². The molecule has 2 aliphatic carbocycles. The number of hydrogen-bond donors (Lipinski definition) is 2. The number of Topliss-reactive ketones (excluding diaryl/α,β-unsaturated/α-hetero) is 1. The summed E-state index contributed by atoms with van der Waals surface area (Å²) in [5, 5.41) is 8.68. The van der Waals surface area contributed by atoms with Crippen LogP contribution in [0.15, 0.2) is 0 Å². The molecule has 8 heteroatoms. The van der Waals surface area contributed by atoms with Gasteiger partial charge in [-0.1, -0.05) is 13.8 Å². The molecule has 2 rings (SSSR count). The highest BCUT2D eigenvalue weighted by Crippen LogP contribution is 2.64. The summed E-state index contributed by atoms with van der Waals surface area (Å²) in [4.78, 5) is 33.8. The molecule has 2 unspecified atom stereocenters. The molecule has 0 aromatic carbocycles. The summed E-state index contributed by atoms with van der Waals surface area (Å²) < 4.78 is 26.8. The third-order valence-electron chi connectivity index (χ3n) is 5.47. The Morgan fingerprint density at radius 3 is 2.55 bits per heavy atom. The predicted molar refractivity (Wildman–Crippen MR) is 77.6 cm³/mol. The van der Waals surface area contributed by atoms with E-state index in [-0.39, 0.29) is 23.7 Å². The van der Waals surface area contributed by atoms with Gasteiger partial charge in [0.05, 0.1) is 18.2 Å². The molecule has 22 heavy (non-hydrogen) atoms. The zero-order valence-electron chi connectivity index (χ0n) is 12.7. The summed E-state index contributed by atoms with van der Waals surface area (Å²) in [5.74, 6) is -1.50. The SMILES string of the molecule is CC1(C)C2CCC1(CS(=O)(=O)N[C@H](C=O)CC(=O)O)C(=O)C2. The summed E-state index contributed by atoms with van der Waals surface area (Å²) in [6.45, 7) is 3.83. The quantitative estimate of drug-likeness (QED) is 0.650. The summed E-state index contributed by atoms with van der Waals surface area (Å²) >= 11 is 0. The van der Waals surface area contributed by atoms with Crippen LogP contribution in [0.1, 0.15) is 39.5 Å². The first-order valence-corrected chi connectivity index (χ1v) is 8.90. The van der Waals surface area contributed by atoms with E-state index in [2.05, 4.69) is 4.72 Å². The molecule has 0 spiro atoms. The van der Waals surface area contributed by atoms with Gasteiger partial charge in [-0.3, -0.25) is 9.59 Å². The minimum atomic E-state index is -3.94. The van der Waals surface area contributed by atoms with Gasteiger partial charge < -0.3 is 9.90 Å². The van der Waals surface area contributed by atoms with Gasteiger partial charge in [0.2, 0.25) is 10.0 Å². The number of carbonyl (C=O) groups excluding carboxylic acids is 2. The zero-order chi connectivity index (χ0) is 16.8. The zero-order valence-corrected chi connectivity index (χ0v) is 13.5. The molecule has 0 saturated heterocycles. The molecule has 0 amide bonds. The summed E-state index contributed by atoms with van der Waals surface area (Å²) in [6.07, 6.45) is 1.39. The number of fused-ring (bicyclic) bond motifs is 2. The standard InChI is InChI=1S/C14H21NO6S/c1-13(2)9-3-4-14(13,11(17)5-9)8-22(20,21)15-10(7-16)6-12(18)19/h7,9-10,15H,3-6,8H2,1-2H3,(H,18,19)/t9?,10-,14?/m0/s1. The van der Waals surface area contributed by atoms with Gasteiger partial charge in [-0.15, -0.1) is 0 Å². The lowest BCUT2D eigenvalue weighted by atomic mass is 9.70. The van der Waals surface area contributed by atoms with Gasteiger partial charge in [-0.2, -0.15) is 0 Å². The highest BCUT2D eigenvalue weighted by atomic mass is 32.2. The Morgan fingerprint density at radius 2 is 2.14 bits per heavy atom. The summed E-state index contributed by atoms with van der Waals surface area (Å²) in [7, 11) is -3.94. The average molecular weight is 331 g/mol. The minimum absolute atomic E-state index is 0.0417. The van der Waals surface area contributed by atoms with Crippen molar-refractivity contribution in [2.75, 3.05) is 5.75 Å². The van der Waals surface area contributed by atoms with Crippen molar-refractivity contribution in [3.63, 3.8) is 0 Å². The molecular weight excluding hydrogens is 310 g/mol. The van der Waals surface area contributed by atoms with Gasteiger partial charge in [0.1, 0.15) is 12.1 Å². The van der Waals surface area contributed by atoms with Crippen LogP contribution in [-0.2, 0) is 24.4 Å². The van der Waals surface area contributed by atoms with Crippen LogP contribution in [0.4, 0.5) is 0 Å². The smallest absolute Gasteiger partial charge is 0.305 e.